The number of fused-ring (bicyclic) bond motifs is 1. The maximum Gasteiger partial charge on any atom is 0.259 e. The highest BCUT2D eigenvalue weighted by Gasteiger charge is 2.59. The van der Waals surface area contributed by atoms with E-state index in [-0.39, 0.29) is 11.6 Å². The number of rotatable bonds is 6. The van der Waals surface area contributed by atoms with E-state index in [0.717, 1.165) is 23.0 Å². The number of anilines is 2. The lowest BCUT2D eigenvalue weighted by Crippen LogP contribution is -2.55. The number of ether oxygens (including phenoxy) is 2. The molecule has 2 aromatic heterocycles. The number of benzene rings is 1. The highest BCUT2D eigenvalue weighted by atomic mass is 32.1. The molecule has 168 valence electrons. The SMILES string of the molecule is COCCn1ncc2cc(N3C(=S)N(c4cnc(C#N)c(OC)c4)C(=O)C34CCC4)ccc21. The number of hydrogen-bond acceptors (Lipinski definition) is 7. The van der Waals surface area contributed by atoms with Crippen LogP contribution in [0.4, 0.5) is 11.4 Å². The zero-order valence-electron chi connectivity index (χ0n) is 18.3. The van der Waals surface area contributed by atoms with E-state index in [0.29, 0.717) is 42.5 Å². The molecule has 2 fully saturated rings. The van der Waals surface area contributed by atoms with Crippen LogP contribution >= 0.6 is 12.2 Å². The first-order valence-electron chi connectivity index (χ1n) is 10.6. The predicted molar refractivity (Wildman–Crippen MR) is 126 cm³/mol. The van der Waals surface area contributed by atoms with Crippen LogP contribution in [0.5, 0.6) is 5.75 Å². The molecule has 2 aliphatic rings. The van der Waals surface area contributed by atoms with E-state index in [1.54, 1.807) is 13.2 Å². The lowest BCUT2D eigenvalue weighted by atomic mass is 9.75. The molecule has 1 amide bonds. The Morgan fingerprint density at radius 1 is 1.21 bits per heavy atom. The van der Waals surface area contributed by atoms with Crippen LogP contribution in [0.2, 0.25) is 0 Å². The smallest absolute Gasteiger partial charge is 0.259 e. The maximum atomic E-state index is 13.7. The van der Waals surface area contributed by atoms with Gasteiger partial charge in [0.05, 0.1) is 43.9 Å². The van der Waals surface area contributed by atoms with Crippen molar-refractivity contribution < 1.29 is 14.3 Å². The van der Waals surface area contributed by atoms with Gasteiger partial charge < -0.3 is 14.4 Å². The second-order valence-electron chi connectivity index (χ2n) is 8.10. The summed E-state index contributed by atoms with van der Waals surface area (Å²) in [5.41, 5.74) is 1.78. The molecule has 33 heavy (non-hydrogen) atoms. The van der Waals surface area contributed by atoms with Crippen molar-refractivity contribution in [3.8, 4) is 11.8 Å². The zero-order valence-corrected chi connectivity index (χ0v) is 19.1. The summed E-state index contributed by atoms with van der Waals surface area (Å²) in [6, 6.07) is 9.63. The molecule has 1 aromatic carbocycles. The maximum absolute atomic E-state index is 13.7. The van der Waals surface area contributed by atoms with E-state index in [9.17, 15) is 10.1 Å². The van der Waals surface area contributed by atoms with Crippen molar-refractivity contribution in [2.75, 3.05) is 30.6 Å². The summed E-state index contributed by atoms with van der Waals surface area (Å²) in [6.07, 6.45) is 5.69. The number of thiocarbonyl (C=S) groups is 1. The van der Waals surface area contributed by atoms with Crippen molar-refractivity contribution in [1.29, 1.82) is 5.26 Å². The fraction of sp³-hybridized carbons (Fsp3) is 0.348. The van der Waals surface area contributed by atoms with Crippen LogP contribution in [0, 0.1) is 11.3 Å². The Morgan fingerprint density at radius 3 is 2.70 bits per heavy atom. The van der Waals surface area contributed by atoms with Gasteiger partial charge in [-0.1, -0.05) is 0 Å². The van der Waals surface area contributed by atoms with E-state index in [2.05, 4.69) is 10.1 Å². The van der Waals surface area contributed by atoms with Crippen LogP contribution in [0.25, 0.3) is 10.9 Å². The Labute approximate surface area is 196 Å². The Balaban J connectivity index is 1.55. The van der Waals surface area contributed by atoms with E-state index in [4.69, 9.17) is 21.7 Å². The lowest BCUT2D eigenvalue weighted by molar-refractivity contribution is -0.123. The van der Waals surface area contributed by atoms with Crippen LogP contribution in [-0.2, 0) is 16.1 Å². The first-order chi connectivity index (χ1) is 16.0. The molecule has 10 heteroatoms. The number of pyridine rings is 1. The molecule has 0 radical (unpaired) electrons. The first kappa shape index (κ1) is 21.3. The van der Waals surface area contributed by atoms with Crippen molar-refractivity contribution >= 4 is 45.5 Å². The number of nitriles is 1. The molecule has 1 saturated heterocycles. The first-order valence-corrected chi connectivity index (χ1v) is 11.0. The number of hydrogen-bond donors (Lipinski definition) is 0. The largest absolute Gasteiger partial charge is 0.494 e. The second-order valence-corrected chi connectivity index (χ2v) is 8.47. The van der Waals surface area contributed by atoms with Gasteiger partial charge in [0.2, 0.25) is 0 Å². The van der Waals surface area contributed by atoms with Gasteiger partial charge in [0, 0.05) is 24.2 Å². The third-order valence-electron chi connectivity index (χ3n) is 6.41. The summed E-state index contributed by atoms with van der Waals surface area (Å²) in [5, 5.41) is 15.1. The number of amides is 1. The van der Waals surface area contributed by atoms with Gasteiger partial charge in [0.15, 0.2) is 16.6 Å². The van der Waals surface area contributed by atoms with Crippen LogP contribution in [0.1, 0.15) is 25.0 Å². The predicted octanol–water partition coefficient (Wildman–Crippen LogP) is 3.02. The van der Waals surface area contributed by atoms with Crippen LogP contribution < -0.4 is 14.5 Å². The van der Waals surface area contributed by atoms with Crippen molar-refractivity contribution in [2.24, 2.45) is 0 Å². The van der Waals surface area contributed by atoms with E-state index < -0.39 is 5.54 Å². The number of aromatic nitrogens is 3. The molecule has 1 aliphatic carbocycles. The average molecular weight is 463 g/mol. The quantitative estimate of drug-likeness (QED) is 0.516. The van der Waals surface area contributed by atoms with Gasteiger partial charge in [-0.05, 0) is 49.7 Å². The summed E-state index contributed by atoms with van der Waals surface area (Å²) in [6.45, 7) is 1.23. The second kappa shape index (κ2) is 8.10. The van der Waals surface area contributed by atoms with Crippen molar-refractivity contribution in [1.82, 2.24) is 14.8 Å². The highest BCUT2D eigenvalue weighted by molar-refractivity contribution is 7.81. The standard InChI is InChI=1S/C23H22N6O3S/c1-31-9-8-27-19-5-4-16(10-15(19)13-26-27)29-22(33)28(21(30)23(29)6-3-7-23)17-11-20(32-2)18(12-24)25-14-17/h4-5,10-11,13-14H,3,6-9H2,1-2H3. The summed E-state index contributed by atoms with van der Waals surface area (Å²) < 4.78 is 12.4. The molecule has 3 aromatic rings. The average Bonchev–Trinajstić information content (AvgIpc) is 3.31. The number of carbonyl (C=O) groups excluding carboxylic acids is 1. The molecular formula is C23H22N6O3S. The molecule has 1 spiro atoms. The molecule has 9 nitrogen and oxygen atoms in total. The minimum absolute atomic E-state index is 0.0804. The van der Waals surface area contributed by atoms with Crippen LogP contribution in [0.15, 0.2) is 36.7 Å². The minimum atomic E-state index is -0.710. The molecule has 5 rings (SSSR count). The topological polar surface area (TPSA) is 96.5 Å². The molecule has 3 heterocycles. The Bertz CT molecular complexity index is 1310. The molecule has 0 atom stereocenters. The monoisotopic (exact) mass is 462 g/mol. The van der Waals surface area contributed by atoms with Gasteiger partial charge in [-0.25, -0.2) is 4.98 Å². The van der Waals surface area contributed by atoms with Gasteiger partial charge >= 0.3 is 0 Å². The fourth-order valence-electron chi connectivity index (χ4n) is 4.57. The minimum Gasteiger partial charge on any atom is -0.494 e. The molecular weight excluding hydrogens is 440 g/mol. The van der Waals surface area contributed by atoms with Crippen LogP contribution in [0.3, 0.4) is 0 Å². The summed E-state index contributed by atoms with van der Waals surface area (Å²) >= 11 is 5.84. The Kier molecular flexibility index (Phi) is 5.23. The zero-order chi connectivity index (χ0) is 23.2. The molecule has 1 aliphatic heterocycles. The van der Waals surface area contributed by atoms with Gasteiger partial charge in [-0.3, -0.25) is 14.4 Å². The van der Waals surface area contributed by atoms with Gasteiger partial charge in [-0.15, -0.1) is 0 Å². The molecule has 0 N–H and O–H groups in total. The number of methoxy groups -OCH3 is 2. The Morgan fingerprint density at radius 2 is 2.03 bits per heavy atom. The van der Waals surface area contributed by atoms with E-state index in [1.165, 1.54) is 18.2 Å². The summed E-state index contributed by atoms with van der Waals surface area (Å²) in [7, 11) is 3.13. The van der Waals surface area contributed by atoms with Crippen molar-refractivity contribution in [3.63, 3.8) is 0 Å². The normalized spacial score (nSPS) is 17.0. The highest BCUT2D eigenvalue weighted by Crippen LogP contribution is 2.48. The Hall–Kier alpha value is -3.55. The van der Waals surface area contributed by atoms with E-state index in [1.807, 2.05) is 40.0 Å². The summed E-state index contributed by atoms with van der Waals surface area (Å²) in [4.78, 5) is 21.3. The van der Waals surface area contributed by atoms with Gasteiger partial charge in [-0.2, -0.15) is 10.4 Å². The van der Waals surface area contributed by atoms with Crippen molar-refractivity contribution in [2.45, 2.75) is 31.3 Å². The third kappa shape index (κ3) is 3.15. The number of nitrogens with zero attached hydrogens (tertiary/aromatic N) is 6. The summed E-state index contributed by atoms with van der Waals surface area (Å²) in [5.74, 6) is 0.222. The van der Waals surface area contributed by atoms with Crippen LogP contribution in [-0.4, -0.2) is 52.1 Å². The molecule has 1 saturated carbocycles. The molecule has 0 unspecified atom stereocenters. The molecule has 0 bridgehead atoms. The van der Waals surface area contributed by atoms with Gasteiger partial charge in [0.1, 0.15) is 11.6 Å². The lowest BCUT2D eigenvalue weighted by Gasteiger charge is -2.43. The van der Waals surface area contributed by atoms with Crippen molar-refractivity contribution in [3.05, 3.63) is 42.4 Å². The third-order valence-corrected chi connectivity index (χ3v) is 6.77. The van der Waals surface area contributed by atoms with E-state index >= 15 is 0 Å². The number of carbonyl (C=O) groups is 1. The van der Waals surface area contributed by atoms with Gasteiger partial charge in [0.25, 0.3) is 5.91 Å². The fourth-order valence-corrected chi connectivity index (χ4v) is 5.04.